The van der Waals surface area contributed by atoms with E-state index in [0.29, 0.717) is 26.3 Å². The topological polar surface area (TPSA) is 42.4 Å². The van der Waals surface area contributed by atoms with Gasteiger partial charge in [0.2, 0.25) is 0 Å². The SMILES string of the molecule is Cc1ccc(-c2cc(C(=O)N3CCOCC3)c3cc(C)ccc3n2)cc1. The van der Waals surface area contributed by atoms with Crippen LogP contribution in [0.3, 0.4) is 0 Å². The maximum atomic E-state index is 13.2. The van der Waals surface area contributed by atoms with Crippen molar-refractivity contribution >= 4 is 16.8 Å². The van der Waals surface area contributed by atoms with Crippen LogP contribution in [-0.4, -0.2) is 42.1 Å². The summed E-state index contributed by atoms with van der Waals surface area (Å²) in [7, 11) is 0. The molecular weight excluding hydrogens is 324 g/mol. The zero-order chi connectivity index (χ0) is 18.1. The fraction of sp³-hybridized carbons (Fsp3) is 0.273. The third-order valence-electron chi connectivity index (χ3n) is 4.84. The summed E-state index contributed by atoms with van der Waals surface area (Å²) in [6, 6.07) is 16.3. The van der Waals surface area contributed by atoms with Gasteiger partial charge in [0.05, 0.1) is 30.0 Å². The lowest BCUT2D eigenvalue weighted by molar-refractivity contribution is 0.0304. The van der Waals surface area contributed by atoms with Crippen LogP contribution in [0.2, 0.25) is 0 Å². The minimum absolute atomic E-state index is 0.0552. The van der Waals surface area contributed by atoms with Crippen LogP contribution in [0.15, 0.2) is 48.5 Å². The highest BCUT2D eigenvalue weighted by Crippen LogP contribution is 2.27. The number of pyridine rings is 1. The first kappa shape index (κ1) is 16.7. The van der Waals surface area contributed by atoms with Gasteiger partial charge < -0.3 is 9.64 Å². The highest BCUT2D eigenvalue weighted by molar-refractivity contribution is 6.07. The van der Waals surface area contributed by atoms with Crippen LogP contribution < -0.4 is 0 Å². The molecule has 4 heteroatoms. The van der Waals surface area contributed by atoms with Gasteiger partial charge in [-0.15, -0.1) is 0 Å². The molecule has 0 bridgehead atoms. The lowest BCUT2D eigenvalue weighted by atomic mass is 10.0. The van der Waals surface area contributed by atoms with E-state index in [1.165, 1.54) is 5.56 Å². The number of nitrogens with zero attached hydrogens (tertiary/aromatic N) is 2. The second-order valence-corrected chi connectivity index (χ2v) is 6.85. The monoisotopic (exact) mass is 346 g/mol. The minimum atomic E-state index is 0.0552. The summed E-state index contributed by atoms with van der Waals surface area (Å²) in [5.41, 5.74) is 5.75. The number of hydrogen-bond donors (Lipinski definition) is 0. The molecule has 1 fully saturated rings. The van der Waals surface area contributed by atoms with Gasteiger partial charge in [0.25, 0.3) is 5.91 Å². The molecule has 0 N–H and O–H groups in total. The van der Waals surface area contributed by atoms with E-state index in [1.54, 1.807) is 0 Å². The molecule has 4 nitrogen and oxygen atoms in total. The van der Waals surface area contributed by atoms with Crippen molar-refractivity contribution in [3.8, 4) is 11.3 Å². The van der Waals surface area contributed by atoms with Crippen molar-refractivity contribution in [2.45, 2.75) is 13.8 Å². The smallest absolute Gasteiger partial charge is 0.254 e. The molecule has 1 saturated heterocycles. The number of morpholine rings is 1. The van der Waals surface area contributed by atoms with E-state index >= 15 is 0 Å². The van der Waals surface area contributed by atoms with Crippen molar-refractivity contribution in [1.29, 1.82) is 0 Å². The molecule has 0 aliphatic carbocycles. The van der Waals surface area contributed by atoms with E-state index in [2.05, 4.69) is 37.3 Å². The van der Waals surface area contributed by atoms with Crippen molar-refractivity contribution in [3.63, 3.8) is 0 Å². The maximum Gasteiger partial charge on any atom is 0.254 e. The second-order valence-electron chi connectivity index (χ2n) is 6.85. The van der Waals surface area contributed by atoms with Gasteiger partial charge in [-0.2, -0.15) is 0 Å². The Morgan fingerprint density at radius 1 is 0.962 bits per heavy atom. The third-order valence-corrected chi connectivity index (χ3v) is 4.84. The Hall–Kier alpha value is -2.72. The summed E-state index contributed by atoms with van der Waals surface area (Å²) in [5, 5.41) is 0.914. The Morgan fingerprint density at radius 2 is 1.65 bits per heavy atom. The molecule has 0 atom stereocenters. The predicted octanol–water partition coefficient (Wildman–Crippen LogP) is 3.99. The Balaban J connectivity index is 1.86. The summed E-state index contributed by atoms with van der Waals surface area (Å²) in [6.07, 6.45) is 0. The van der Waals surface area contributed by atoms with Crippen LogP contribution in [0.5, 0.6) is 0 Å². The lowest BCUT2D eigenvalue weighted by Crippen LogP contribution is -2.40. The van der Waals surface area contributed by atoms with Crippen LogP contribution in [-0.2, 0) is 4.74 Å². The van der Waals surface area contributed by atoms with Crippen molar-refractivity contribution in [1.82, 2.24) is 9.88 Å². The van der Waals surface area contributed by atoms with Crippen molar-refractivity contribution < 1.29 is 9.53 Å². The molecule has 3 aromatic rings. The van der Waals surface area contributed by atoms with E-state index in [9.17, 15) is 4.79 Å². The molecule has 1 aliphatic heterocycles. The summed E-state index contributed by atoms with van der Waals surface area (Å²) >= 11 is 0. The van der Waals surface area contributed by atoms with Crippen LogP contribution in [0.1, 0.15) is 21.5 Å². The average molecular weight is 346 g/mol. The van der Waals surface area contributed by atoms with Crippen LogP contribution in [0.25, 0.3) is 22.2 Å². The van der Waals surface area contributed by atoms with Crippen molar-refractivity contribution in [2.75, 3.05) is 26.3 Å². The Morgan fingerprint density at radius 3 is 2.38 bits per heavy atom. The molecule has 1 aliphatic rings. The molecule has 132 valence electrons. The fourth-order valence-corrected chi connectivity index (χ4v) is 3.33. The number of amides is 1. The number of hydrogen-bond acceptors (Lipinski definition) is 3. The number of aromatic nitrogens is 1. The van der Waals surface area contributed by atoms with Gasteiger partial charge in [-0.3, -0.25) is 4.79 Å². The van der Waals surface area contributed by atoms with Gasteiger partial charge in [-0.25, -0.2) is 4.98 Å². The third kappa shape index (κ3) is 3.20. The van der Waals surface area contributed by atoms with E-state index in [0.717, 1.165) is 33.3 Å². The first-order valence-electron chi connectivity index (χ1n) is 8.97. The summed E-state index contributed by atoms with van der Waals surface area (Å²) < 4.78 is 5.39. The molecule has 0 unspecified atom stereocenters. The number of ether oxygens (including phenoxy) is 1. The van der Waals surface area contributed by atoms with Gasteiger partial charge in [0.15, 0.2) is 0 Å². The number of aryl methyl sites for hydroxylation is 2. The number of rotatable bonds is 2. The van der Waals surface area contributed by atoms with Gasteiger partial charge in [-0.05, 0) is 32.0 Å². The predicted molar refractivity (Wildman–Crippen MR) is 103 cm³/mol. The van der Waals surface area contributed by atoms with Crippen LogP contribution >= 0.6 is 0 Å². The summed E-state index contributed by atoms with van der Waals surface area (Å²) in [4.78, 5) is 19.9. The molecule has 1 aromatic heterocycles. The highest BCUT2D eigenvalue weighted by atomic mass is 16.5. The molecule has 0 saturated carbocycles. The molecular formula is C22H22N2O2. The zero-order valence-corrected chi connectivity index (χ0v) is 15.2. The quantitative estimate of drug-likeness (QED) is 0.704. The van der Waals surface area contributed by atoms with Gasteiger partial charge in [0, 0.05) is 24.0 Å². The van der Waals surface area contributed by atoms with Gasteiger partial charge in [-0.1, -0.05) is 41.5 Å². The zero-order valence-electron chi connectivity index (χ0n) is 15.2. The fourth-order valence-electron chi connectivity index (χ4n) is 3.33. The van der Waals surface area contributed by atoms with Crippen LogP contribution in [0.4, 0.5) is 0 Å². The average Bonchev–Trinajstić information content (AvgIpc) is 2.68. The number of carbonyl (C=O) groups is 1. The van der Waals surface area contributed by atoms with E-state index in [1.807, 2.05) is 30.0 Å². The summed E-state index contributed by atoms with van der Waals surface area (Å²) in [6.45, 7) is 6.56. The van der Waals surface area contributed by atoms with Gasteiger partial charge >= 0.3 is 0 Å². The maximum absolute atomic E-state index is 13.2. The van der Waals surface area contributed by atoms with E-state index < -0.39 is 0 Å². The van der Waals surface area contributed by atoms with Crippen molar-refractivity contribution in [2.24, 2.45) is 0 Å². The van der Waals surface area contributed by atoms with E-state index in [4.69, 9.17) is 9.72 Å². The standard InChI is InChI=1S/C22H22N2O2/c1-15-3-6-17(7-4-15)21-14-19(22(25)24-9-11-26-12-10-24)18-13-16(2)5-8-20(18)23-21/h3-8,13-14H,9-12H2,1-2H3. The largest absolute Gasteiger partial charge is 0.378 e. The number of benzene rings is 2. The molecule has 4 rings (SSSR count). The molecule has 0 radical (unpaired) electrons. The molecule has 2 heterocycles. The molecule has 26 heavy (non-hydrogen) atoms. The number of carbonyl (C=O) groups excluding carboxylic acids is 1. The Bertz CT molecular complexity index is 958. The molecule has 1 amide bonds. The normalized spacial score (nSPS) is 14.6. The second kappa shape index (κ2) is 6.89. The molecule has 2 aromatic carbocycles. The summed E-state index contributed by atoms with van der Waals surface area (Å²) in [5.74, 6) is 0.0552. The van der Waals surface area contributed by atoms with Crippen molar-refractivity contribution in [3.05, 3.63) is 65.2 Å². The van der Waals surface area contributed by atoms with Gasteiger partial charge in [0.1, 0.15) is 0 Å². The van der Waals surface area contributed by atoms with E-state index in [-0.39, 0.29) is 5.91 Å². The highest BCUT2D eigenvalue weighted by Gasteiger charge is 2.22. The Kier molecular flexibility index (Phi) is 4.43. The molecule has 0 spiro atoms. The van der Waals surface area contributed by atoms with Crippen LogP contribution in [0, 0.1) is 13.8 Å². The lowest BCUT2D eigenvalue weighted by Gasteiger charge is -2.27. The first-order valence-corrected chi connectivity index (χ1v) is 8.97. The minimum Gasteiger partial charge on any atom is -0.378 e. The first-order chi connectivity index (χ1) is 12.6. The Labute approximate surface area is 153 Å². The number of fused-ring (bicyclic) bond motifs is 1.